The highest BCUT2D eigenvalue weighted by Gasteiger charge is 2.19. The maximum Gasteiger partial charge on any atom is 0.274 e. The number of hydrogen-bond acceptors (Lipinski definition) is 4. The van der Waals surface area contributed by atoms with Gasteiger partial charge in [-0.05, 0) is 30.7 Å². The van der Waals surface area contributed by atoms with Crippen molar-refractivity contribution in [1.29, 1.82) is 0 Å². The molecule has 1 aliphatic rings. The van der Waals surface area contributed by atoms with E-state index in [1.165, 1.54) is 0 Å². The second-order valence-corrected chi connectivity index (χ2v) is 5.77. The van der Waals surface area contributed by atoms with Gasteiger partial charge in [0, 0.05) is 31.0 Å². The summed E-state index contributed by atoms with van der Waals surface area (Å²) in [6.07, 6.45) is 8.69. The number of nitrogens with two attached hydrogens (primary N) is 1. The Hall–Kier alpha value is -3.15. The minimum Gasteiger partial charge on any atom is -0.384 e. The molecule has 3 aromatic heterocycles. The maximum absolute atomic E-state index is 12.6. The number of nitrogens with zero attached hydrogens (tertiary/aromatic N) is 4. The lowest BCUT2D eigenvalue weighted by molar-refractivity contribution is 0.0766. The highest BCUT2D eigenvalue weighted by Crippen LogP contribution is 2.19. The molecule has 0 radical (unpaired) electrons. The SMILES string of the molecule is Nc1cccc(-c2ccc3nc(C(=O)N4CC=CCC4)cn3c2)n1. The lowest BCUT2D eigenvalue weighted by Gasteiger charge is -2.22. The molecule has 0 fully saturated rings. The zero-order valence-electron chi connectivity index (χ0n) is 13.1. The quantitative estimate of drug-likeness (QED) is 0.736. The fourth-order valence-corrected chi connectivity index (χ4v) is 2.85. The fourth-order valence-electron chi connectivity index (χ4n) is 2.85. The second kappa shape index (κ2) is 5.81. The molecule has 24 heavy (non-hydrogen) atoms. The van der Waals surface area contributed by atoms with Crippen molar-refractivity contribution in [3.63, 3.8) is 0 Å². The molecule has 6 heteroatoms. The number of carbonyl (C=O) groups excluding carboxylic acids is 1. The lowest BCUT2D eigenvalue weighted by atomic mass is 10.2. The van der Waals surface area contributed by atoms with Gasteiger partial charge in [0.1, 0.15) is 17.2 Å². The van der Waals surface area contributed by atoms with Crippen molar-refractivity contribution in [2.45, 2.75) is 6.42 Å². The normalized spacial score (nSPS) is 14.2. The Kier molecular flexibility index (Phi) is 3.49. The van der Waals surface area contributed by atoms with Gasteiger partial charge in [0.2, 0.25) is 0 Å². The third-order valence-electron chi connectivity index (χ3n) is 4.08. The van der Waals surface area contributed by atoms with E-state index in [4.69, 9.17) is 5.73 Å². The summed E-state index contributed by atoms with van der Waals surface area (Å²) in [7, 11) is 0. The van der Waals surface area contributed by atoms with E-state index in [0.29, 0.717) is 18.1 Å². The molecule has 1 amide bonds. The molecule has 0 spiro atoms. The summed E-state index contributed by atoms with van der Waals surface area (Å²) in [5.74, 6) is 0.443. The van der Waals surface area contributed by atoms with Gasteiger partial charge < -0.3 is 15.0 Å². The summed E-state index contributed by atoms with van der Waals surface area (Å²) in [6.45, 7) is 1.38. The first kappa shape index (κ1) is 14.4. The van der Waals surface area contributed by atoms with Gasteiger partial charge in [0.05, 0.1) is 5.69 Å². The lowest BCUT2D eigenvalue weighted by Crippen LogP contribution is -2.33. The fraction of sp³-hybridized carbons (Fsp3) is 0.167. The van der Waals surface area contributed by atoms with Crippen LogP contribution in [0.4, 0.5) is 5.82 Å². The van der Waals surface area contributed by atoms with E-state index >= 15 is 0 Å². The van der Waals surface area contributed by atoms with Crippen LogP contribution in [-0.2, 0) is 0 Å². The first-order chi connectivity index (χ1) is 11.7. The monoisotopic (exact) mass is 319 g/mol. The number of hydrogen-bond donors (Lipinski definition) is 1. The molecule has 3 aromatic rings. The van der Waals surface area contributed by atoms with Crippen LogP contribution in [0.15, 0.2) is 54.9 Å². The molecule has 6 nitrogen and oxygen atoms in total. The zero-order valence-corrected chi connectivity index (χ0v) is 13.1. The molecule has 1 aliphatic heterocycles. The number of carbonyl (C=O) groups is 1. The molecule has 120 valence electrons. The minimum atomic E-state index is -0.0355. The highest BCUT2D eigenvalue weighted by molar-refractivity contribution is 5.93. The molecule has 4 heterocycles. The van der Waals surface area contributed by atoms with Crippen molar-refractivity contribution in [2.75, 3.05) is 18.8 Å². The Morgan fingerprint density at radius 1 is 1.08 bits per heavy atom. The van der Waals surface area contributed by atoms with Crippen LogP contribution in [0.2, 0.25) is 0 Å². The van der Waals surface area contributed by atoms with Crippen LogP contribution in [0, 0.1) is 0 Å². The molecular formula is C18H17N5O. The van der Waals surface area contributed by atoms with Gasteiger partial charge in [0.25, 0.3) is 5.91 Å². The van der Waals surface area contributed by atoms with E-state index < -0.39 is 0 Å². The first-order valence-corrected chi connectivity index (χ1v) is 7.87. The molecule has 0 aliphatic carbocycles. The minimum absolute atomic E-state index is 0.0355. The Bertz CT molecular complexity index is 943. The average Bonchev–Trinajstić information content (AvgIpc) is 3.05. The zero-order chi connectivity index (χ0) is 16.5. The Morgan fingerprint density at radius 3 is 2.79 bits per heavy atom. The summed E-state index contributed by atoms with van der Waals surface area (Å²) in [5, 5.41) is 0. The van der Waals surface area contributed by atoms with Crippen LogP contribution in [0.25, 0.3) is 16.9 Å². The van der Waals surface area contributed by atoms with Crippen LogP contribution >= 0.6 is 0 Å². The predicted molar refractivity (Wildman–Crippen MR) is 92.5 cm³/mol. The van der Waals surface area contributed by atoms with Gasteiger partial charge in [-0.3, -0.25) is 4.79 Å². The third-order valence-corrected chi connectivity index (χ3v) is 4.08. The van der Waals surface area contributed by atoms with E-state index in [0.717, 1.165) is 29.9 Å². The number of aromatic nitrogens is 3. The topological polar surface area (TPSA) is 76.5 Å². The molecule has 0 unspecified atom stereocenters. The van der Waals surface area contributed by atoms with Crippen LogP contribution < -0.4 is 5.73 Å². The summed E-state index contributed by atoms with van der Waals surface area (Å²) in [6, 6.07) is 9.34. The molecule has 4 rings (SSSR count). The van der Waals surface area contributed by atoms with E-state index in [1.807, 2.05) is 45.8 Å². The van der Waals surface area contributed by atoms with Crippen molar-refractivity contribution in [1.82, 2.24) is 19.3 Å². The van der Waals surface area contributed by atoms with Crippen LogP contribution in [-0.4, -0.2) is 38.3 Å². The van der Waals surface area contributed by atoms with Crippen molar-refractivity contribution < 1.29 is 4.79 Å². The van der Waals surface area contributed by atoms with Gasteiger partial charge in [-0.15, -0.1) is 0 Å². The molecule has 2 N–H and O–H groups in total. The summed E-state index contributed by atoms with van der Waals surface area (Å²) in [4.78, 5) is 23.1. The number of rotatable bonds is 2. The van der Waals surface area contributed by atoms with Crippen LogP contribution in [0.3, 0.4) is 0 Å². The van der Waals surface area contributed by atoms with Gasteiger partial charge in [-0.25, -0.2) is 9.97 Å². The molecule has 0 aromatic carbocycles. The summed E-state index contributed by atoms with van der Waals surface area (Å²) >= 11 is 0. The second-order valence-electron chi connectivity index (χ2n) is 5.77. The van der Waals surface area contributed by atoms with Gasteiger partial charge in [-0.2, -0.15) is 0 Å². The molecule has 0 saturated carbocycles. The van der Waals surface area contributed by atoms with E-state index in [2.05, 4.69) is 16.0 Å². The third kappa shape index (κ3) is 2.62. The predicted octanol–water partition coefficient (Wildman–Crippen LogP) is 2.38. The number of nitrogen functional groups attached to an aromatic ring is 1. The Labute approximate surface area is 139 Å². The molecule has 0 atom stereocenters. The largest absolute Gasteiger partial charge is 0.384 e. The highest BCUT2D eigenvalue weighted by atomic mass is 16.2. The van der Waals surface area contributed by atoms with Crippen molar-refractivity contribution in [3.05, 3.63) is 60.6 Å². The maximum atomic E-state index is 12.6. The van der Waals surface area contributed by atoms with Gasteiger partial charge >= 0.3 is 0 Å². The Balaban J connectivity index is 1.68. The van der Waals surface area contributed by atoms with Crippen molar-refractivity contribution in [2.24, 2.45) is 0 Å². The van der Waals surface area contributed by atoms with Gasteiger partial charge in [0.15, 0.2) is 0 Å². The van der Waals surface area contributed by atoms with E-state index in [9.17, 15) is 4.79 Å². The number of fused-ring (bicyclic) bond motifs is 1. The number of imidazole rings is 1. The Morgan fingerprint density at radius 2 is 2.00 bits per heavy atom. The van der Waals surface area contributed by atoms with E-state index in [1.54, 1.807) is 12.3 Å². The van der Waals surface area contributed by atoms with Crippen molar-refractivity contribution in [3.8, 4) is 11.3 Å². The van der Waals surface area contributed by atoms with Crippen molar-refractivity contribution >= 4 is 17.4 Å². The van der Waals surface area contributed by atoms with E-state index in [-0.39, 0.29) is 5.91 Å². The number of anilines is 1. The smallest absolute Gasteiger partial charge is 0.274 e. The molecular weight excluding hydrogens is 302 g/mol. The summed E-state index contributed by atoms with van der Waals surface area (Å²) in [5.41, 5.74) is 8.66. The average molecular weight is 319 g/mol. The van der Waals surface area contributed by atoms with Gasteiger partial charge in [-0.1, -0.05) is 18.2 Å². The first-order valence-electron chi connectivity index (χ1n) is 7.87. The standard InChI is InChI=1S/C18H17N5O/c19-16-6-4-5-14(20-16)13-7-8-17-21-15(12-23(17)11-13)18(24)22-9-2-1-3-10-22/h1-2,4-8,11-12H,3,9-10H2,(H2,19,20). The number of pyridine rings is 2. The summed E-state index contributed by atoms with van der Waals surface area (Å²) < 4.78 is 1.85. The molecule has 0 bridgehead atoms. The van der Waals surface area contributed by atoms with Crippen LogP contribution in [0.1, 0.15) is 16.9 Å². The molecule has 0 saturated heterocycles. The number of amides is 1. The van der Waals surface area contributed by atoms with Crippen LogP contribution in [0.5, 0.6) is 0 Å².